The van der Waals surface area contributed by atoms with Crippen LogP contribution in [0, 0.1) is 11.3 Å². The van der Waals surface area contributed by atoms with E-state index in [1.54, 1.807) is 0 Å². The third-order valence-corrected chi connectivity index (χ3v) is 2.29. The standard InChI is InChI=1S/C7H13NO2S/c1-2-3-4-5-7(6-8)11(9)10/h7H,2-5H2,1H3,(H,9,10). The van der Waals surface area contributed by atoms with Crippen LogP contribution in [-0.4, -0.2) is 14.0 Å². The molecule has 0 aromatic carbocycles. The number of rotatable bonds is 5. The summed E-state index contributed by atoms with van der Waals surface area (Å²) in [6.07, 6.45) is 3.49. The summed E-state index contributed by atoms with van der Waals surface area (Å²) in [5, 5.41) is 7.70. The second-order valence-electron chi connectivity index (χ2n) is 2.39. The topological polar surface area (TPSA) is 61.1 Å². The molecule has 64 valence electrons. The second kappa shape index (κ2) is 6.32. The van der Waals surface area contributed by atoms with Crippen LogP contribution in [0.3, 0.4) is 0 Å². The van der Waals surface area contributed by atoms with Crippen LogP contribution in [0.2, 0.25) is 0 Å². The fraction of sp³-hybridized carbons (Fsp3) is 0.857. The molecule has 0 aliphatic carbocycles. The van der Waals surface area contributed by atoms with Crippen molar-refractivity contribution in [3.05, 3.63) is 0 Å². The van der Waals surface area contributed by atoms with Gasteiger partial charge >= 0.3 is 0 Å². The van der Waals surface area contributed by atoms with Crippen LogP contribution in [0.4, 0.5) is 0 Å². The quantitative estimate of drug-likeness (QED) is 0.511. The molecule has 0 heterocycles. The average molecular weight is 175 g/mol. The maximum absolute atomic E-state index is 10.4. The van der Waals surface area contributed by atoms with Crippen molar-refractivity contribution in [2.75, 3.05) is 0 Å². The monoisotopic (exact) mass is 175 g/mol. The summed E-state index contributed by atoms with van der Waals surface area (Å²) in [6, 6.07) is 1.81. The molecule has 0 saturated heterocycles. The fourth-order valence-electron chi connectivity index (χ4n) is 0.790. The average Bonchev–Trinajstić information content (AvgIpc) is 1.97. The minimum atomic E-state index is -1.97. The van der Waals surface area contributed by atoms with E-state index < -0.39 is 16.3 Å². The van der Waals surface area contributed by atoms with Gasteiger partial charge < -0.3 is 4.55 Å². The minimum absolute atomic E-state index is 0.535. The van der Waals surface area contributed by atoms with Gasteiger partial charge in [-0.2, -0.15) is 5.26 Å². The van der Waals surface area contributed by atoms with Gasteiger partial charge in [0.15, 0.2) is 11.1 Å². The SMILES string of the molecule is CCCCCC(C#N)S(=O)O. The molecular formula is C7H13NO2S. The van der Waals surface area contributed by atoms with Gasteiger partial charge in [0.1, 0.15) is 5.25 Å². The van der Waals surface area contributed by atoms with Crippen molar-refractivity contribution < 1.29 is 8.76 Å². The molecule has 0 spiro atoms. The molecule has 0 radical (unpaired) electrons. The molecule has 4 heteroatoms. The third-order valence-electron chi connectivity index (χ3n) is 1.46. The van der Waals surface area contributed by atoms with Crippen LogP contribution >= 0.6 is 0 Å². The van der Waals surface area contributed by atoms with Crippen LogP contribution in [-0.2, 0) is 11.1 Å². The lowest BCUT2D eigenvalue weighted by molar-refractivity contribution is 0.547. The summed E-state index contributed by atoms with van der Waals surface area (Å²) >= 11 is -1.97. The first-order chi connectivity index (χ1) is 5.22. The van der Waals surface area contributed by atoms with Crippen molar-refractivity contribution in [2.45, 2.75) is 37.9 Å². The summed E-state index contributed by atoms with van der Waals surface area (Å²) in [5.74, 6) is 0. The maximum atomic E-state index is 10.4. The molecule has 0 aromatic heterocycles. The zero-order chi connectivity index (χ0) is 8.69. The van der Waals surface area contributed by atoms with Crippen molar-refractivity contribution in [3.63, 3.8) is 0 Å². The Balaban J connectivity index is 3.55. The van der Waals surface area contributed by atoms with E-state index in [-0.39, 0.29) is 0 Å². The van der Waals surface area contributed by atoms with Crippen molar-refractivity contribution in [1.82, 2.24) is 0 Å². The lowest BCUT2D eigenvalue weighted by atomic mass is 10.2. The zero-order valence-electron chi connectivity index (χ0n) is 6.62. The Kier molecular flexibility index (Phi) is 6.09. The van der Waals surface area contributed by atoms with Crippen LogP contribution in [0.5, 0.6) is 0 Å². The van der Waals surface area contributed by atoms with Crippen LogP contribution < -0.4 is 0 Å². The van der Waals surface area contributed by atoms with Gasteiger partial charge in [0, 0.05) is 0 Å². The van der Waals surface area contributed by atoms with E-state index in [2.05, 4.69) is 6.92 Å². The van der Waals surface area contributed by atoms with Gasteiger partial charge in [-0.1, -0.05) is 26.2 Å². The van der Waals surface area contributed by atoms with E-state index in [0.717, 1.165) is 19.3 Å². The molecule has 2 unspecified atom stereocenters. The van der Waals surface area contributed by atoms with Gasteiger partial charge in [0.2, 0.25) is 0 Å². The van der Waals surface area contributed by atoms with Gasteiger partial charge in [-0.05, 0) is 6.42 Å². The Labute approximate surface area is 69.7 Å². The smallest absolute Gasteiger partial charge is 0.170 e. The second-order valence-corrected chi connectivity index (χ2v) is 3.51. The van der Waals surface area contributed by atoms with Gasteiger partial charge in [0.25, 0.3) is 0 Å². The Morgan fingerprint density at radius 2 is 2.27 bits per heavy atom. The maximum Gasteiger partial charge on any atom is 0.170 e. The molecule has 0 amide bonds. The molecule has 3 nitrogen and oxygen atoms in total. The van der Waals surface area contributed by atoms with Gasteiger partial charge in [0.05, 0.1) is 6.07 Å². The number of hydrogen-bond acceptors (Lipinski definition) is 2. The molecule has 0 aliphatic heterocycles. The first kappa shape index (κ1) is 10.6. The molecule has 11 heavy (non-hydrogen) atoms. The molecule has 0 rings (SSSR count). The Morgan fingerprint density at radius 1 is 1.64 bits per heavy atom. The summed E-state index contributed by atoms with van der Waals surface area (Å²) in [5.41, 5.74) is 0. The summed E-state index contributed by atoms with van der Waals surface area (Å²) < 4.78 is 19.0. The predicted molar refractivity (Wildman–Crippen MR) is 44.3 cm³/mol. The number of nitriles is 1. The highest BCUT2D eigenvalue weighted by molar-refractivity contribution is 7.80. The molecule has 1 N–H and O–H groups in total. The normalized spacial score (nSPS) is 15.4. The van der Waals surface area contributed by atoms with E-state index in [1.165, 1.54) is 0 Å². The minimum Gasteiger partial charge on any atom is -0.305 e. The molecule has 0 fully saturated rings. The first-order valence-electron chi connectivity index (χ1n) is 3.71. The Morgan fingerprint density at radius 3 is 2.64 bits per heavy atom. The Bertz CT molecular complexity index is 164. The van der Waals surface area contributed by atoms with Crippen molar-refractivity contribution in [2.24, 2.45) is 0 Å². The highest BCUT2D eigenvalue weighted by atomic mass is 32.2. The lowest BCUT2D eigenvalue weighted by Crippen LogP contribution is -2.11. The molecule has 2 atom stereocenters. The van der Waals surface area contributed by atoms with Crippen LogP contribution in [0.25, 0.3) is 0 Å². The van der Waals surface area contributed by atoms with E-state index in [1.807, 2.05) is 6.07 Å². The highest BCUT2D eigenvalue weighted by Crippen LogP contribution is 2.06. The number of unbranched alkanes of at least 4 members (excludes halogenated alkanes) is 2. The number of hydrogen-bond donors (Lipinski definition) is 1. The largest absolute Gasteiger partial charge is 0.305 e. The predicted octanol–water partition coefficient (Wildman–Crippen LogP) is 1.68. The summed E-state index contributed by atoms with van der Waals surface area (Å²) in [7, 11) is 0. The van der Waals surface area contributed by atoms with Gasteiger partial charge in [-0.15, -0.1) is 0 Å². The van der Waals surface area contributed by atoms with Crippen LogP contribution in [0.1, 0.15) is 32.6 Å². The van der Waals surface area contributed by atoms with Crippen molar-refractivity contribution in [3.8, 4) is 6.07 Å². The molecule has 0 bridgehead atoms. The summed E-state index contributed by atoms with van der Waals surface area (Å²) in [4.78, 5) is 0. The van der Waals surface area contributed by atoms with E-state index >= 15 is 0 Å². The van der Waals surface area contributed by atoms with Crippen molar-refractivity contribution in [1.29, 1.82) is 5.26 Å². The van der Waals surface area contributed by atoms with E-state index in [4.69, 9.17) is 9.81 Å². The molecule has 0 aliphatic rings. The van der Waals surface area contributed by atoms with E-state index in [0.29, 0.717) is 6.42 Å². The van der Waals surface area contributed by atoms with Crippen molar-refractivity contribution >= 4 is 11.1 Å². The Hall–Kier alpha value is -0.400. The van der Waals surface area contributed by atoms with E-state index in [9.17, 15) is 4.21 Å². The zero-order valence-corrected chi connectivity index (χ0v) is 7.43. The highest BCUT2D eigenvalue weighted by Gasteiger charge is 2.12. The first-order valence-corrected chi connectivity index (χ1v) is 4.88. The van der Waals surface area contributed by atoms with Crippen LogP contribution in [0.15, 0.2) is 0 Å². The lowest BCUT2D eigenvalue weighted by Gasteiger charge is -2.01. The van der Waals surface area contributed by atoms with Gasteiger partial charge in [-0.25, -0.2) is 4.21 Å². The molecule has 0 aromatic rings. The molecule has 0 saturated carbocycles. The summed E-state index contributed by atoms with van der Waals surface area (Å²) in [6.45, 7) is 2.05. The number of nitrogens with zero attached hydrogens (tertiary/aromatic N) is 1. The van der Waals surface area contributed by atoms with Gasteiger partial charge in [-0.3, -0.25) is 0 Å². The molecular weight excluding hydrogens is 162 g/mol. The third kappa shape index (κ3) is 4.93. The fourth-order valence-corrected chi connectivity index (χ4v) is 1.25.